The van der Waals surface area contributed by atoms with Gasteiger partial charge in [-0.1, -0.05) is 36.4 Å². The van der Waals surface area contributed by atoms with Crippen molar-refractivity contribution in [1.82, 2.24) is 9.62 Å². The summed E-state index contributed by atoms with van der Waals surface area (Å²) in [6.07, 6.45) is 3.29. The van der Waals surface area contributed by atoms with E-state index in [0.717, 1.165) is 24.8 Å². The third-order valence-electron chi connectivity index (χ3n) is 4.99. The molecule has 0 amide bonds. The molecule has 2 atom stereocenters. The fourth-order valence-electron chi connectivity index (χ4n) is 3.43. The second kappa shape index (κ2) is 7.28. The Kier molecular flexibility index (Phi) is 5.27. The van der Waals surface area contributed by atoms with Crippen molar-refractivity contribution in [1.29, 1.82) is 0 Å². The smallest absolute Gasteiger partial charge is 0.242 e. The zero-order chi connectivity index (χ0) is 18.0. The van der Waals surface area contributed by atoms with Gasteiger partial charge in [-0.3, -0.25) is 0 Å². The highest BCUT2D eigenvalue weighted by molar-refractivity contribution is 7.89. The number of benzene rings is 2. The Morgan fingerprint density at radius 2 is 1.68 bits per heavy atom. The van der Waals surface area contributed by atoms with E-state index in [4.69, 9.17) is 0 Å². The average molecular weight is 359 g/mol. The van der Waals surface area contributed by atoms with Gasteiger partial charge in [0.2, 0.25) is 10.0 Å². The first kappa shape index (κ1) is 18.1. The molecule has 5 heteroatoms. The van der Waals surface area contributed by atoms with E-state index in [1.165, 1.54) is 15.4 Å². The van der Waals surface area contributed by atoms with Crippen molar-refractivity contribution < 1.29 is 8.42 Å². The summed E-state index contributed by atoms with van der Waals surface area (Å²) in [5.41, 5.74) is 4.01. The minimum absolute atomic E-state index is 0.186. The number of nitrogens with one attached hydrogen (secondary N) is 1. The number of hydrogen-bond donors (Lipinski definition) is 1. The zero-order valence-corrected chi connectivity index (χ0v) is 15.9. The van der Waals surface area contributed by atoms with Crippen molar-refractivity contribution in [3.8, 4) is 0 Å². The second-order valence-electron chi connectivity index (χ2n) is 6.95. The Balaban J connectivity index is 1.67. The molecule has 1 N–H and O–H groups in total. The average Bonchev–Trinajstić information content (AvgIpc) is 2.61. The Labute approximate surface area is 150 Å². The molecular formula is C20H26N2O2S. The number of nitrogens with zero attached hydrogens (tertiary/aromatic N) is 1. The summed E-state index contributed by atoms with van der Waals surface area (Å²) < 4.78 is 25.6. The van der Waals surface area contributed by atoms with Crippen LogP contribution in [0.25, 0.3) is 0 Å². The molecule has 2 aromatic rings. The van der Waals surface area contributed by atoms with E-state index >= 15 is 0 Å². The maximum atomic E-state index is 12.2. The van der Waals surface area contributed by atoms with Gasteiger partial charge in [0.15, 0.2) is 0 Å². The van der Waals surface area contributed by atoms with E-state index in [1.54, 1.807) is 26.2 Å². The van der Waals surface area contributed by atoms with Crippen LogP contribution in [-0.2, 0) is 22.9 Å². The van der Waals surface area contributed by atoms with Crippen LogP contribution in [0.2, 0.25) is 0 Å². The van der Waals surface area contributed by atoms with Crippen molar-refractivity contribution >= 4 is 10.0 Å². The summed E-state index contributed by atoms with van der Waals surface area (Å²) in [4.78, 5) is 0.333. The van der Waals surface area contributed by atoms with Crippen molar-refractivity contribution in [2.24, 2.45) is 0 Å². The molecule has 0 heterocycles. The Morgan fingerprint density at radius 3 is 2.32 bits per heavy atom. The maximum absolute atomic E-state index is 12.2. The lowest BCUT2D eigenvalue weighted by Crippen LogP contribution is -2.36. The zero-order valence-electron chi connectivity index (χ0n) is 15.1. The third kappa shape index (κ3) is 3.94. The van der Waals surface area contributed by atoms with Gasteiger partial charge in [-0.2, -0.15) is 0 Å². The van der Waals surface area contributed by atoms with Gasteiger partial charge < -0.3 is 5.32 Å². The van der Waals surface area contributed by atoms with Crippen LogP contribution in [0.15, 0.2) is 53.4 Å². The fraction of sp³-hybridized carbons (Fsp3) is 0.400. The Morgan fingerprint density at radius 1 is 1.04 bits per heavy atom. The minimum atomic E-state index is -3.37. The minimum Gasteiger partial charge on any atom is -0.307 e. The third-order valence-corrected chi connectivity index (χ3v) is 6.82. The van der Waals surface area contributed by atoms with E-state index in [2.05, 4.69) is 36.5 Å². The Bertz CT molecular complexity index is 829. The molecule has 0 saturated carbocycles. The van der Waals surface area contributed by atoms with Gasteiger partial charge in [-0.25, -0.2) is 12.7 Å². The summed E-state index contributed by atoms with van der Waals surface area (Å²) in [6, 6.07) is 16.5. The van der Waals surface area contributed by atoms with Crippen LogP contribution in [0.5, 0.6) is 0 Å². The topological polar surface area (TPSA) is 49.4 Å². The first-order valence-electron chi connectivity index (χ1n) is 8.73. The monoisotopic (exact) mass is 358 g/mol. The van der Waals surface area contributed by atoms with Crippen LogP contribution in [0.4, 0.5) is 0 Å². The number of rotatable bonds is 5. The molecule has 0 saturated heterocycles. The predicted molar refractivity (Wildman–Crippen MR) is 101 cm³/mol. The molecule has 3 rings (SSSR count). The van der Waals surface area contributed by atoms with Gasteiger partial charge in [0.05, 0.1) is 4.90 Å². The lowest BCUT2D eigenvalue weighted by atomic mass is 9.88. The van der Waals surface area contributed by atoms with Crippen LogP contribution < -0.4 is 5.32 Å². The van der Waals surface area contributed by atoms with Crippen molar-refractivity contribution in [2.45, 2.75) is 43.2 Å². The largest absolute Gasteiger partial charge is 0.307 e. The fourth-order valence-corrected chi connectivity index (χ4v) is 4.33. The number of hydrogen-bond acceptors (Lipinski definition) is 3. The molecule has 1 aliphatic carbocycles. The second-order valence-corrected chi connectivity index (χ2v) is 9.11. The van der Waals surface area contributed by atoms with E-state index < -0.39 is 10.0 Å². The van der Waals surface area contributed by atoms with Gasteiger partial charge in [-0.05, 0) is 55.0 Å². The normalized spacial score (nSPS) is 18.8. The molecule has 0 spiro atoms. The molecule has 1 aliphatic rings. The first-order valence-corrected chi connectivity index (χ1v) is 10.2. The van der Waals surface area contributed by atoms with Gasteiger partial charge in [0.25, 0.3) is 0 Å². The van der Waals surface area contributed by atoms with E-state index in [9.17, 15) is 8.42 Å². The van der Waals surface area contributed by atoms with Crippen LogP contribution in [0.1, 0.15) is 36.1 Å². The van der Waals surface area contributed by atoms with Gasteiger partial charge in [0, 0.05) is 26.2 Å². The summed E-state index contributed by atoms with van der Waals surface area (Å²) in [7, 11) is -0.267. The highest BCUT2D eigenvalue weighted by Crippen LogP contribution is 2.24. The van der Waals surface area contributed by atoms with Crippen LogP contribution in [0.3, 0.4) is 0 Å². The highest BCUT2D eigenvalue weighted by atomic mass is 32.2. The molecule has 0 aromatic heterocycles. The van der Waals surface area contributed by atoms with Crippen molar-refractivity contribution in [2.75, 3.05) is 14.1 Å². The lowest BCUT2D eigenvalue weighted by molar-refractivity contribution is 0.413. The molecule has 0 fully saturated rings. The van der Waals surface area contributed by atoms with Gasteiger partial charge in [0.1, 0.15) is 0 Å². The lowest BCUT2D eigenvalue weighted by Gasteiger charge is -2.28. The van der Waals surface area contributed by atoms with Crippen LogP contribution in [-0.4, -0.2) is 32.9 Å². The standard InChI is InChI=1S/C20H26N2O2S/c1-15(16-9-12-20(13-10-16)25(23,24)22(2)3)21-19-11-8-17-6-4-5-7-18(17)14-19/h4-7,9-10,12-13,15,19,21H,8,11,14H2,1-3H3. The molecule has 0 aliphatic heterocycles. The van der Waals surface area contributed by atoms with Crippen molar-refractivity contribution in [3.63, 3.8) is 0 Å². The van der Waals surface area contributed by atoms with E-state index in [0.29, 0.717) is 10.9 Å². The maximum Gasteiger partial charge on any atom is 0.242 e. The summed E-state index contributed by atoms with van der Waals surface area (Å²) in [6.45, 7) is 2.13. The molecule has 4 nitrogen and oxygen atoms in total. The molecule has 134 valence electrons. The van der Waals surface area contributed by atoms with Crippen molar-refractivity contribution in [3.05, 3.63) is 65.2 Å². The molecule has 0 radical (unpaired) electrons. The first-order chi connectivity index (χ1) is 11.9. The quantitative estimate of drug-likeness (QED) is 0.893. The van der Waals surface area contributed by atoms with Gasteiger partial charge >= 0.3 is 0 Å². The van der Waals surface area contributed by atoms with Crippen LogP contribution >= 0.6 is 0 Å². The summed E-state index contributed by atoms with van der Waals surface area (Å²) in [5.74, 6) is 0. The molecule has 2 unspecified atom stereocenters. The number of aryl methyl sites for hydroxylation is 1. The predicted octanol–water partition coefficient (Wildman–Crippen LogP) is 3.15. The molecular weight excluding hydrogens is 332 g/mol. The highest BCUT2D eigenvalue weighted by Gasteiger charge is 2.21. The number of sulfonamides is 1. The SMILES string of the molecule is CC(NC1CCc2ccccc2C1)c1ccc(S(=O)(=O)N(C)C)cc1. The van der Waals surface area contributed by atoms with Gasteiger partial charge in [-0.15, -0.1) is 0 Å². The number of fused-ring (bicyclic) bond motifs is 1. The summed E-state index contributed by atoms with van der Waals surface area (Å²) >= 11 is 0. The Hall–Kier alpha value is -1.69. The van der Waals surface area contributed by atoms with E-state index in [1.807, 2.05) is 12.1 Å². The summed E-state index contributed by atoms with van der Waals surface area (Å²) in [5, 5.41) is 3.70. The van der Waals surface area contributed by atoms with E-state index in [-0.39, 0.29) is 6.04 Å². The molecule has 25 heavy (non-hydrogen) atoms. The van der Waals surface area contributed by atoms with Crippen LogP contribution in [0, 0.1) is 0 Å². The molecule has 2 aromatic carbocycles. The molecule has 0 bridgehead atoms.